The van der Waals surface area contributed by atoms with E-state index in [1.165, 1.54) is 35.4 Å². The highest BCUT2D eigenvalue weighted by molar-refractivity contribution is 7.94. The molecule has 4 aliphatic rings. The number of carbonyl (C=O) groups excluding carboxylic acids is 1. The van der Waals surface area contributed by atoms with Crippen LogP contribution >= 0.6 is 11.6 Å². The zero-order valence-electron chi connectivity index (χ0n) is 31.4. The molecule has 7 rings (SSSR count). The summed E-state index contributed by atoms with van der Waals surface area (Å²) < 4.78 is 29.3. The Morgan fingerprint density at radius 3 is 2.62 bits per heavy atom. The molecular formula is C41H52ClN7O5S+2. The monoisotopic (exact) mass is 789 g/mol. The van der Waals surface area contributed by atoms with Crippen LogP contribution in [0, 0.1) is 11.8 Å². The van der Waals surface area contributed by atoms with E-state index in [0.29, 0.717) is 29.2 Å². The van der Waals surface area contributed by atoms with Crippen molar-refractivity contribution in [1.82, 2.24) is 19.8 Å². The molecule has 1 aliphatic carbocycles. The third kappa shape index (κ3) is 10.0. The Kier molecular flexibility index (Phi) is 12.9. The first kappa shape index (κ1) is 39.1. The van der Waals surface area contributed by atoms with E-state index in [1.54, 1.807) is 13.1 Å². The number of aromatic nitrogens is 2. The summed E-state index contributed by atoms with van der Waals surface area (Å²) in [6.45, 7) is 5.14. The number of carbonyl (C=O) groups is 1. The van der Waals surface area contributed by atoms with Crippen LogP contribution in [-0.4, -0.2) is 76.5 Å². The maximum Gasteiger partial charge on any atom is 0.302 e. The number of hydrogen-bond acceptors (Lipinski definition) is 9. The molecule has 4 heterocycles. The summed E-state index contributed by atoms with van der Waals surface area (Å²) >= 11 is 4.61. The molecule has 292 valence electrons. The molecule has 1 amide bonds. The van der Waals surface area contributed by atoms with Gasteiger partial charge in [0.05, 0.1) is 17.8 Å². The number of nitrogens with zero attached hydrogens (tertiary/aromatic N) is 4. The zero-order valence-corrected chi connectivity index (χ0v) is 32.9. The van der Waals surface area contributed by atoms with E-state index in [1.807, 2.05) is 36.4 Å². The van der Waals surface area contributed by atoms with E-state index in [2.05, 4.69) is 43.0 Å². The summed E-state index contributed by atoms with van der Waals surface area (Å²) in [6, 6.07) is 15.1. The Balaban J connectivity index is 1.04. The third-order valence-corrected chi connectivity index (χ3v) is 12.6. The molecule has 0 radical (unpaired) electrons. The predicted molar refractivity (Wildman–Crippen MR) is 218 cm³/mol. The summed E-state index contributed by atoms with van der Waals surface area (Å²) in [4.78, 5) is 29.1. The quantitative estimate of drug-likeness (QED) is 0.142. The Morgan fingerprint density at radius 1 is 1.09 bits per heavy atom. The number of amides is 1. The van der Waals surface area contributed by atoms with Gasteiger partial charge in [-0.1, -0.05) is 23.7 Å². The van der Waals surface area contributed by atoms with Gasteiger partial charge in [-0.3, -0.25) is 9.59 Å². The molecule has 3 atom stereocenters. The first-order valence-corrected chi connectivity index (χ1v) is 20.9. The Morgan fingerprint density at radius 2 is 1.87 bits per heavy atom. The van der Waals surface area contributed by atoms with Crippen molar-refractivity contribution in [1.29, 1.82) is 0 Å². The van der Waals surface area contributed by atoms with Crippen molar-refractivity contribution >= 4 is 40.8 Å². The molecule has 0 spiro atoms. The molecule has 3 aliphatic heterocycles. The second-order valence-corrected chi connectivity index (χ2v) is 16.7. The summed E-state index contributed by atoms with van der Waals surface area (Å²) in [7, 11) is 1.56. The minimum Gasteiger partial charge on any atom is -0.455 e. The van der Waals surface area contributed by atoms with E-state index in [9.17, 15) is 14.1 Å². The number of rotatable bonds is 11. The number of nitrogens with two attached hydrogens (primary N) is 1. The Labute approximate surface area is 330 Å². The van der Waals surface area contributed by atoms with Gasteiger partial charge in [-0.25, -0.2) is 9.26 Å². The highest BCUT2D eigenvalue weighted by atomic mass is 35.5. The van der Waals surface area contributed by atoms with Gasteiger partial charge in [0.1, 0.15) is 18.5 Å². The number of allylic oxidation sites excluding steroid dienone is 2. The number of anilines is 1. The second kappa shape index (κ2) is 18.2. The topological polar surface area (TPSA) is 147 Å². The minimum atomic E-state index is -1.58. The number of benzene rings is 2. The number of piperidine rings is 2. The molecule has 14 heteroatoms. The SMILES string of the molecule is Cn1ncc(Oc2cc(N3CCC(C=[N+]4CCCCC4c4ccc(Cl)cc4)CC3)ccc2C(=O)N[S+](O)C2=CC=C(NCC3CCOCC3)C(N)C2)cc1=O. The highest BCUT2D eigenvalue weighted by Crippen LogP contribution is 2.33. The molecule has 55 heavy (non-hydrogen) atoms. The van der Waals surface area contributed by atoms with Gasteiger partial charge in [0, 0.05) is 99.2 Å². The van der Waals surface area contributed by atoms with Crippen molar-refractivity contribution in [3.05, 3.63) is 104 Å². The largest absolute Gasteiger partial charge is 0.455 e. The van der Waals surface area contributed by atoms with Crippen LogP contribution in [0.15, 0.2) is 82.3 Å². The lowest BCUT2D eigenvalue weighted by molar-refractivity contribution is -0.580. The van der Waals surface area contributed by atoms with Gasteiger partial charge in [0.15, 0.2) is 16.7 Å². The average Bonchev–Trinajstić information content (AvgIpc) is 3.20. The van der Waals surface area contributed by atoms with E-state index in [-0.39, 0.29) is 28.7 Å². The van der Waals surface area contributed by atoms with Crippen LogP contribution in [0.5, 0.6) is 11.5 Å². The molecule has 2 aromatic carbocycles. The number of hydrogen-bond donors (Lipinski definition) is 4. The molecule has 12 nitrogen and oxygen atoms in total. The van der Waals surface area contributed by atoms with Crippen LogP contribution in [-0.2, 0) is 23.1 Å². The normalized spacial score (nSPS) is 22.5. The van der Waals surface area contributed by atoms with Crippen LogP contribution in [0.25, 0.3) is 0 Å². The molecular weight excluding hydrogens is 738 g/mol. The molecule has 3 unspecified atom stereocenters. The van der Waals surface area contributed by atoms with Crippen LogP contribution in [0.1, 0.15) is 73.3 Å². The van der Waals surface area contributed by atoms with Crippen molar-refractivity contribution in [3.8, 4) is 11.5 Å². The fourth-order valence-electron chi connectivity index (χ4n) is 7.82. The van der Waals surface area contributed by atoms with Crippen molar-refractivity contribution in [2.45, 2.75) is 63.5 Å². The molecule has 3 fully saturated rings. The van der Waals surface area contributed by atoms with Crippen molar-refractivity contribution in [3.63, 3.8) is 0 Å². The lowest BCUT2D eigenvalue weighted by Crippen LogP contribution is -2.39. The van der Waals surface area contributed by atoms with Crippen LogP contribution in [0.4, 0.5) is 5.69 Å². The summed E-state index contributed by atoms with van der Waals surface area (Å²) in [5.74, 6) is 0.977. The third-order valence-electron chi connectivity index (χ3n) is 11.1. The maximum atomic E-state index is 13.8. The second-order valence-electron chi connectivity index (χ2n) is 14.9. The number of nitrogens with one attached hydrogen (secondary N) is 2. The van der Waals surface area contributed by atoms with Crippen LogP contribution < -0.4 is 31.0 Å². The first-order chi connectivity index (χ1) is 26.7. The van der Waals surface area contributed by atoms with Gasteiger partial charge < -0.3 is 25.4 Å². The van der Waals surface area contributed by atoms with Gasteiger partial charge in [-0.15, -0.1) is 4.72 Å². The number of halogens is 1. The fraction of sp³-hybridized carbons (Fsp3) is 0.463. The molecule has 0 saturated carbocycles. The van der Waals surface area contributed by atoms with Gasteiger partial charge in [-0.05, 0) is 74.4 Å². The maximum absolute atomic E-state index is 13.8. The number of aryl methyl sites for hydroxylation is 1. The number of ether oxygens (including phenoxy) is 2. The molecule has 3 aromatic rings. The van der Waals surface area contributed by atoms with Crippen molar-refractivity contribution in [2.75, 3.05) is 44.3 Å². The van der Waals surface area contributed by atoms with E-state index in [4.69, 9.17) is 26.8 Å². The van der Waals surface area contributed by atoms with Gasteiger partial charge >= 0.3 is 11.4 Å². The van der Waals surface area contributed by atoms with Gasteiger partial charge in [0.25, 0.3) is 11.5 Å². The molecule has 5 N–H and O–H groups in total. The van der Waals surface area contributed by atoms with Crippen molar-refractivity contribution < 1.29 is 23.4 Å². The van der Waals surface area contributed by atoms with E-state index < -0.39 is 17.3 Å². The zero-order chi connectivity index (χ0) is 38.3. The van der Waals surface area contributed by atoms with Gasteiger partial charge in [0.2, 0.25) is 0 Å². The standard InChI is InChI=1S/C41H51ClN7O5S/c1-47-40(50)23-33(26-45-47)54-39-22-32(48-18-13-29(14-19-48)27-49-17-3-2-4-38(49)30-5-7-31(42)8-6-30)9-11-35(39)41(51)46-55(52)34-10-12-37(36(43)24-34)44-25-28-15-20-53-21-16-28/h5-12,22-23,26-29,36,38,44,52H,2-4,13-21,24-25,43H2,1H3/q+1/p+1. The Bertz CT molecular complexity index is 1970. The smallest absolute Gasteiger partial charge is 0.302 e. The van der Waals surface area contributed by atoms with Crippen LogP contribution in [0.2, 0.25) is 5.02 Å². The lowest BCUT2D eigenvalue weighted by atomic mass is 9.93. The first-order valence-electron chi connectivity index (χ1n) is 19.4. The van der Waals surface area contributed by atoms with Crippen LogP contribution in [0.3, 0.4) is 0 Å². The average molecular weight is 790 g/mol. The fourth-order valence-corrected chi connectivity index (χ4v) is 8.90. The Hall–Kier alpha value is -4.14. The molecule has 0 bridgehead atoms. The summed E-state index contributed by atoms with van der Waals surface area (Å²) in [5, 5.41) is 8.33. The summed E-state index contributed by atoms with van der Waals surface area (Å²) in [6.07, 6.45) is 15.6. The summed E-state index contributed by atoms with van der Waals surface area (Å²) in [5.41, 5.74) is 9.53. The van der Waals surface area contributed by atoms with Gasteiger partial charge in [-0.2, -0.15) is 9.65 Å². The van der Waals surface area contributed by atoms with E-state index in [0.717, 1.165) is 87.9 Å². The highest BCUT2D eigenvalue weighted by Gasteiger charge is 2.34. The predicted octanol–water partition coefficient (Wildman–Crippen LogP) is 5.70. The molecule has 1 aromatic heterocycles. The minimum absolute atomic E-state index is 0.217. The van der Waals surface area contributed by atoms with E-state index >= 15 is 0 Å². The lowest BCUT2D eigenvalue weighted by Gasteiger charge is -2.32. The van der Waals surface area contributed by atoms with Crippen molar-refractivity contribution in [2.24, 2.45) is 24.6 Å². The molecule has 3 saturated heterocycles.